The summed E-state index contributed by atoms with van der Waals surface area (Å²) in [5.74, 6) is -5.11. The number of alkyl halides is 3. The van der Waals surface area contributed by atoms with Crippen LogP contribution in [0.1, 0.15) is 54.0 Å². The van der Waals surface area contributed by atoms with Crippen LogP contribution in [-0.4, -0.2) is 47.8 Å². The Kier molecular flexibility index (Phi) is 12.3. The Morgan fingerprint density at radius 2 is 1.65 bits per heavy atom. The quantitative estimate of drug-likeness (QED) is 0.121. The highest BCUT2D eigenvalue weighted by Gasteiger charge is 2.35. The number of hydrogen-bond donors (Lipinski definition) is 2. The number of nitrogens with one attached hydrogen (secondary N) is 2. The normalized spacial score (nSPS) is 11.8. The molecule has 0 fully saturated rings. The number of sulfonamides is 1. The van der Waals surface area contributed by atoms with Crippen molar-refractivity contribution in [3.05, 3.63) is 129 Å². The van der Waals surface area contributed by atoms with Crippen LogP contribution < -0.4 is 15.7 Å². The number of amides is 2. The smallest absolute Gasteiger partial charge is 0.372 e. The number of carbonyl (C=O) groups is 2. The van der Waals surface area contributed by atoms with Crippen molar-refractivity contribution >= 4 is 27.5 Å². The summed E-state index contributed by atoms with van der Waals surface area (Å²) in [5.41, 5.74) is -4.01. The number of unbranched alkanes of at least 4 members (excludes halogenated alkanes) is 1. The van der Waals surface area contributed by atoms with E-state index in [-0.39, 0.29) is 47.8 Å². The molecule has 0 atom stereocenters. The molecule has 0 aliphatic heterocycles. The summed E-state index contributed by atoms with van der Waals surface area (Å²) in [6.07, 6.45) is -3.69. The van der Waals surface area contributed by atoms with E-state index in [9.17, 15) is 44.8 Å². The number of ether oxygens (including phenoxy) is 1. The minimum atomic E-state index is -4.93. The maximum Gasteiger partial charge on any atom is 0.418 e. The molecule has 290 valence electrons. The fourth-order valence-electron chi connectivity index (χ4n) is 5.55. The Morgan fingerprint density at radius 3 is 2.35 bits per heavy atom. The summed E-state index contributed by atoms with van der Waals surface area (Å²) in [6.45, 7) is 2.88. The van der Waals surface area contributed by atoms with Crippen molar-refractivity contribution in [3.63, 3.8) is 0 Å². The van der Waals surface area contributed by atoms with Crippen LogP contribution in [0.5, 0.6) is 0 Å². The maximum absolute atomic E-state index is 15.9. The van der Waals surface area contributed by atoms with Gasteiger partial charge in [0.2, 0.25) is 5.91 Å². The summed E-state index contributed by atoms with van der Waals surface area (Å²) < 4.78 is 121. The van der Waals surface area contributed by atoms with Gasteiger partial charge in [0.25, 0.3) is 15.9 Å². The van der Waals surface area contributed by atoms with Gasteiger partial charge in [-0.25, -0.2) is 31.1 Å². The van der Waals surface area contributed by atoms with Crippen molar-refractivity contribution in [2.24, 2.45) is 0 Å². The monoisotopic (exact) mass is 789 g/mol. The summed E-state index contributed by atoms with van der Waals surface area (Å²) >= 11 is 0. The van der Waals surface area contributed by atoms with Gasteiger partial charge in [-0.1, -0.05) is 43.7 Å². The lowest BCUT2D eigenvalue weighted by Gasteiger charge is -2.14. The molecule has 0 radical (unpaired) electrons. The van der Waals surface area contributed by atoms with Crippen LogP contribution in [0.2, 0.25) is 0 Å². The molecule has 55 heavy (non-hydrogen) atoms. The zero-order chi connectivity index (χ0) is 40.1. The molecule has 1 heterocycles. The van der Waals surface area contributed by atoms with E-state index in [2.05, 4.69) is 10.4 Å². The van der Waals surface area contributed by atoms with Crippen molar-refractivity contribution in [3.8, 4) is 16.8 Å². The van der Waals surface area contributed by atoms with Gasteiger partial charge in [0.15, 0.2) is 0 Å². The van der Waals surface area contributed by atoms with Gasteiger partial charge in [-0.3, -0.25) is 14.2 Å². The van der Waals surface area contributed by atoms with Gasteiger partial charge in [0.05, 0.1) is 28.3 Å². The second-order valence-corrected chi connectivity index (χ2v) is 13.7. The number of aryl methyl sites for hydroxylation is 1. The number of aromatic nitrogens is 3. The molecular formula is C37H33F6N5O6S. The summed E-state index contributed by atoms with van der Waals surface area (Å²) in [4.78, 5) is 38.2. The summed E-state index contributed by atoms with van der Waals surface area (Å²) in [6, 6.07) is 13.4. The molecule has 0 spiro atoms. The topological polar surface area (TPSA) is 141 Å². The lowest BCUT2D eigenvalue weighted by atomic mass is 10.0. The molecule has 0 aliphatic rings. The van der Waals surface area contributed by atoms with Gasteiger partial charge < -0.3 is 10.1 Å². The van der Waals surface area contributed by atoms with E-state index in [4.69, 9.17) is 4.74 Å². The Hall–Kier alpha value is -5.75. The van der Waals surface area contributed by atoms with E-state index in [0.29, 0.717) is 35.7 Å². The van der Waals surface area contributed by atoms with E-state index in [0.717, 1.165) is 34.9 Å². The standard InChI is InChI=1S/C37H33F6N5O6S/c1-3-5-10-33-45-48(31-19-25(44-34(49)21-54-4-2)14-15-28(31)37(41,42)43)36(51)47(33)20-23-12-11-22(17-30(23)40)26-8-6-7-9-32(26)55(52,53)46-35(50)27-18-24(38)13-16-29(27)39/h6-9,11-19H,3-5,10,20-21H2,1-2H3,(H,44,49)(H,46,50). The molecule has 2 amide bonds. The maximum atomic E-state index is 15.9. The number of carbonyl (C=O) groups excluding carboxylic acids is 2. The number of halogens is 6. The molecule has 2 N–H and O–H groups in total. The molecule has 4 aromatic carbocycles. The lowest BCUT2D eigenvalue weighted by Crippen LogP contribution is -2.31. The average molecular weight is 790 g/mol. The number of anilines is 1. The van der Waals surface area contributed by atoms with Gasteiger partial charge in [0.1, 0.15) is 29.9 Å². The summed E-state index contributed by atoms with van der Waals surface area (Å²) in [7, 11) is -4.74. The van der Waals surface area contributed by atoms with Gasteiger partial charge in [-0.15, -0.1) is 5.10 Å². The number of benzene rings is 4. The van der Waals surface area contributed by atoms with Gasteiger partial charge in [0, 0.05) is 29.8 Å². The zero-order valence-corrected chi connectivity index (χ0v) is 30.0. The molecule has 0 aliphatic carbocycles. The number of hydrogen-bond acceptors (Lipinski definition) is 7. The highest BCUT2D eigenvalue weighted by Crippen LogP contribution is 2.35. The van der Waals surface area contributed by atoms with Crippen LogP contribution in [0.3, 0.4) is 0 Å². The van der Waals surface area contributed by atoms with E-state index in [1.165, 1.54) is 30.3 Å². The average Bonchev–Trinajstić information content (AvgIpc) is 3.44. The van der Waals surface area contributed by atoms with Gasteiger partial charge >= 0.3 is 11.9 Å². The van der Waals surface area contributed by atoms with Crippen molar-refractivity contribution < 1.29 is 49.1 Å². The lowest BCUT2D eigenvalue weighted by molar-refractivity contribution is -0.137. The van der Waals surface area contributed by atoms with E-state index in [1.807, 2.05) is 6.92 Å². The largest absolute Gasteiger partial charge is 0.418 e. The summed E-state index contributed by atoms with van der Waals surface area (Å²) in [5, 5.41) is 6.63. The third-order valence-electron chi connectivity index (χ3n) is 8.21. The van der Waals surface area contributed by atoms with Gasteiger partial charge in [-0.05, 0) is 67.4 Å². The molecule has 0 unspecified atom stereocenters. The Morgan fingerprint density at radius 1 is 0.909 bits per heavy atom. The third-order valence-corrected chi connectivity index (χ3v) is 9.60. The first kappa shape index (κ1) is 40.4. The molecule has 18 heteroatoms. The van der Waals surface area contributed by atoms with E-state index >= 15 is 4.39 Å². The number of nitrogens with zero attached hydrogens (tertiary/aromatic N) is 3. The second-order valence-electron chi connectivity index (χ2n) is 12.1. The molecule has 5 rings (SSSR count). The fourth-order valence-corrected chi connectivity index (χ4v) is 6.74. The fraction of sp³-hybridized carbons (Fsp3) is 0.243. The Balaban J connectivity index is 1.50. The molecule has 0 saturated heterocycles. The van der Waals surface area contributed by atoms with Crippen molar-refractivity contribution in [2.75, 3.05) is 18.5 Å². The van der Waals surface area contributed by atoms with Crippen molar-refractivity contribution in [1.29, 1.82) is 0 Å². The first-order chi connectivity index (χ1) is 26.0. The third kappa shape index (κ3) is 9.32. The van der Waals surface area contributed by atoms with E-state index < -0.39 is 79.4 Å². The van der Waals surface area contributed by atoms with Gasteiger partial charge in [-0.2, -0.15) is 17.9 Å². The molecule has 5 aromatic rings. The van der Waals surface area contributed by atoms with Crippen molar-refractivity contribution in [1.82, 2.24) is 19.1 Å². The van der Waals surface area contributed by atoms with Crippen molar-refractivity contribution in [2.45, 2.75) is 50.7 Å². The van der Waals surface area contributed by atoms with Crippen LogP contribution in [-0.2, 0) is 38.7 Å². The molecule has 0 saturated carbocycles. The van der Waals surface area contributed by atoms with Crippen LogP contribution in [0.25, 0.3) is 16.8 Å². The first-order valence-electron chi connectivity index (χ1n) is 16.7. The SMILES string of the molecule is CCCCc1nn(-c2cc(NC(=O)COCC)ccc2C(F)(F)F)c(=O)n1Cc1ccc(-c2ccccc2S(=O)(=O)NC(=O)c2cc(F)ccc2F)cc1F. The minimum Gasteiger partial charge on any atom is -0.372 e. The van der Waals surface area contributed by atoms with Crippen LogP contribution in [0, 0.1) is 17.5 Å². The predicted octanol–water partition coefficient (Wildman–Crippen LogP) is 6.62. The van der Waals surface area contributed by atoms with E-state index in [1.54, 1.807) is 11.6 Å². The molecular weight excluding hydrogens is 756 g/mol. The van der Waals surface area contributed by atoms with Crippen LogP contribution in [0.15, 0.2) is 88.6 Å². The molecule has 1 aromatic heterocycles. The first-order valence-corrected chi connectivity index (χ1v) is 18.2. The number of rotatable bonds is 14. The van der Waals surface area contributed by atoms with Crippen LogP contribution in [0.4, 0.5) is 32.0 Å². The Labute approximate surface area is 310 Å². The zero-order valence-electron chi connectivity index (χ0n) is 29.2. The van der Waals surface area contributed by atoms with Crippen LogP contribution >= 0.6 is 0 Å². The second kappa shape index (κ2) is 16.7. The molecule has 0 bridgehead atoms. The highest BCUT2D eigenvalue weighted by molar-refractivity contribution is 7.90. The predicted molar refractivity (Wildman–Crippen MR) is 189 cm³/mol. The molecule has 11 nitrogen and oxygen atoms in total. The highest BCUT2D eigenvalue weighted by atomic mass is 32.2. The Bertz CT molecular complexity index is 2410. The minimum absolute atomic E-state index is 0.0128.